The molecule has 0 spiro atoms. The van der Waals surface area contributed by atoms with Crippen molar-refractivity contribution in [3.8, 4) is 0 Å². The fraction of sp³-hybridized carbons (Fsp3) is 0.900. The highest BCUT2D eigenvalue weighted by atomic mass is 16.6. The molecule has 2 heterocycles. The number of carbonyl (C=O) groups is 1. The molecule has 0 bridgehead atoms. The quantitative estimate of drug-likeness (QED) is 0.648. The molecule has 2 aliphatic heterocycles. The Bertz CT molecular complexity index is 216. The standard InChI is InChI=1S/C10H18N2O2/c1-11-9-4-2-3-5-12(10(9)13)6-8-7-14-8/h8-9,11H,2-7H2,1H3. The average Bonchev–Trinajstić information content (AvgIpc) is 2.99. The Hall–Kier alpha value is -0.610. The van der Waals surface area contributed by atoms with E-state index in [0.717, 1.165) is 39.0 Å². The number of nitrogens with zero attached hydrogens (tertiary/aromatic N) is 1. The zero-order valence-electron chi connectivity index (χ0n) is 8.66. The number of likely N-dealkylation sites (tertiary alicyclic amines) is 1. The summed E-state index contributed by atoms with van der Waals surface area (Å²) in [5.74, 6) is 0.250. The summed E-state index contributed by atoms with van der Waals surface area (Å²) in [7, 11) is 1.86. The molecule has 2 unspecified atom stereocenters. The summed E-state index contributed by atoms with van der Waals surface area (Å²) in [6, 6.07) is 0.0243. The van der Waals surface area contributed by atoms with Crippen LogP contribution >= 0.6 is 0 Å². The van der Waals surface area contributed by atoms with Crippen LogP contribution in [0, 0.1) is 0 Å². The van der Waals surface area contributed by atoms with E-state index in [-0.39, 0.29) is 11.9 Å². The van der Waals surface area contributed by atoms with Gasteiger partial charge in [0, 0.05) is 13.1 Å². The van der Waals surface area contributed by atoms with Gasteiger partial charge in [0.05, 0.1) is 18.8 Å². The molecule has 2 saturated heterocycles. The van der Waals surface area contributed by atoms with Crippen LogP contribution < -0.4 is 5.32 Å². The predicted molar refractivity (Wildman–Crippen MR) is 53.0 cm³/mol. The van der Waals surface area contributed by atoms with E-state index in [2.05, 4.69) is 5.32 Å². The molecule has 0 aromatic rings. The van der Waals surface area contributed by atoms with Crippen molar-refractivity contribution in [2.45, 2.75) is 31.4 Å². The highest BCUT2D eigenvalue weighted by Crippen LogP contribution is 2.16. The SMILES string of the molecule is CNC1CCCCN(CC2CO2)C1=O. The molecular formula is C10H18N2O2. The molecule has 2 atom stereocenters. The van der Waals surface area contributed by atoms with Crippen LogP contribution in [0.25, 0.3) is 0 Å². The minimum Gasteiger partial charge on any atom is -0.371 e. The fourth-order valence-electron chi connectivity index (χ4n) is 1.97. The van der Waals surface area contributed by atoms with E-state index in [9.17, 15) is 4.79 Å². The van der Waals surface area contributed by atoms with E-state index in [1.54, 1.807) is 0 Å². The van der Waals surface area contributed by atoms with Crippen LogP contribution in [0.4, 0.5) is 0 Å². The highest BCUT2D eigenvalue weighted by molar-refractivity contribution is 5.82. The Morgan fingerprint density at radius 2 is 2.36 bits per heavy atom. The van der Waals surface area contributed by atoms with Gasteiger partial charge >= 0.3 is 0 Å². The normalized spacial score (nSPS) is 32.9. The first-order valence-corrected chi connectivity index (χ1v) is 5.39. The third-order valence-corrected chi connectivity index (χ3v) is 2.96. The van der Waals surface area contributed by atoms with E-state index in [1.807, 2.05) is 11.9 Å². The first kappa shape index (κ1) is 9.93. The number of nitrogens with one attached hydrogen (secondary N) is 1. The van der Waals surface area contributed by atoms with Crippen molar-refractivity contribution in [2.75, 3.05) is 26.7 Å². The lowest BCUT2D eigenvalue weighted by atomic mass is 10.1. The van der Waals surface area contributed by atoms with Gasteiger partial charge in [-0.1, -0.05) is 0 Å². The van der Waals surface area contributed by atoms with Gasteiger partial charge in [-0.25, -0.2) is 0 Å². The van der Waals surface area contributed by atoms with Gasteiger partial charge in [-0.3, -0.25) is 4.79 Å². The van der Waals surface area contributed by atoms with Crippen molar-refractivity contribution in [2.24, 2.45) is 0 Å². The molecule has 1 N–H and O–H groups in total. The van der Waals surface area contributed by atoms with Crippen LogP contribution in [-0.2, 0) is 9.53 Å². The molecule has 0 aromatic heterocycles. The predicted octanol–water partition coefficient (Wildman–Crippen LogP) is -0.0143. The number of hydrogen-bond donors (Lipinski definition) is 1. The molecule has 4 heteroatoms. The Balaban J connectivity index is 1.94. The van der Waals surface area contributed by atoms with E-state index >= 15 is 0 Å². The first-order valence-electron chi connectivity index (χ1n) is 5.39. The number of likely N-dealkylation sites (N-methyl/N-ethyl adjacent to an activating group) is 1. The van der Waals surface area contributed by atoms with Crippen LogP contribution in [0.1, 0.15) is 19.3 Å². The largest absolute Gasteiger partial charge is 0.371 e. The molecule has 0 aliphatic carbocycles. The molecule has 14 heavy (non-hydrogen) atoms. The van der Waals surface area contributed by atoms with Crippen LogP contribution in [0.15, 0.2) is 0 Å². The second kappa shape index (κ2) is 4.28. The van der Waals surface area contributed by atoms with Gasteiger partial charge in [-0.05, 0) is 26.3 Å². The lowest BCUT2D eigenvalue weighted by Gasteiger charge is -2.23. The average molecular weight is 198 g/mol. The summed E-state index contributed by atoms with van der Waals surface area (Å²) in [5.41, 5.74) is 0. The summed E-state index contributed by atoms with van der Waals surface area (Å²) >= 11 is 0. The lowest BCUT2D eigenvalue weighted by molar-refractivity contribution is -0.133. The minimum atomic E-state index is 0.0243. The van der Waals surface area contributed by atoms with Crippen molar-refractivity contribution >= 4 is 5.91 Å². The molecule has 0 radical (unpaired) electrons. The molecule has 0 aromatic carbocycles. The second-order valence-electron chi connectivity index (χ2n) is 4.08. The van der Waals surface area contributed by atoms with E-state index in [1.165, 1.54) is 0 Å². The Morgan fingerprint density at radius 3 is 3.00 bits per heavy atom. The Labute approximate surface area is 84.6 Å². The van der Waals surface area contributed by atoms with Gasteiger partial charge in [-0.15, -0.1) is 0 Å². The first-order chi connectivity index (χ1) is 6.81. The van der Waals surface area contributed by atoms with Crippen LogP contribution in [-0.4, -0.2) is 49.7 Å². The van der Waals surface area contributed by atoms with Crippen molar-refractivity contribution < 1.29 is 9.53 Å². The van der Waals surface area contributed by atoms with Gasteiger partial charge < -0.3 is 15.0 Å². The molecule has 80 valence electrons. The van der Waals surface area contributed by atoms with Crippen molar-refractivity contribution in [1.82, 2.24) is 10.2 Å². The van der Waals surface area contributed by atoms with E-state index in [0.29, 0.717) is 6.10 Å². The van der Waals surface area contributed by atoms with Crippen molar-refractivity contribution in [1.29, 1.82) is 0 Å². The minimum absolute atomic E-state index is 0.0243. The van der Waals surface area contributed by atoms with Crippen LogP contribution in [0.3, 0.4) is 0 Å². The summed E-state index contributed by atoms with van der Waals surface area (Å²) in [4.78, 5) is 13.9. The lowest BCUT2D eigenvalue weighted by Crippen LogP contribution is -2.45. The number of carbonyl (C=O) groups excluding carboxylic acids is 1. The number of rotatable bonds is 3. The Morgan fingerprint density at radius 1 is 1.57 bits per heavy atom. The molecule has 2 rings (SSSR count). The van der Waals surface area contributed by atoms with E-state index in [4.69, 9.17) is 4.74 Å². The van der Waals surface area contributed by atoms with Gasteiger partial charge in [0.15, 0.2) is 0 Å². The van der Waals surface area contributed by atoms with Crippen LogP contribution in [0.2, 0.25) is 0 Å². The summed E-state index contributed by atoms with van der Waals surface area (Å²) in [6.07, 6.45) is 3.54. The summed E-state index contributed by atoms with van der Waals surface area (Å²) < 4.78 is 5.15. The second-order valence-corrected chi connectivity index (χ2v) is 4.08. The van der Waals surface area contributed by atoms with Gasteiger partial charge in [0.25, 0.3) is 0 Å². The maximum Gasteiger partial charge on any atom is 0.239 e. The Kier molecular flexibility index (Phi) is 3.03. The summed E-state index contributed by atoms with van der Waals surface area (Å²) in [6.45, 7) is 2.52. The molecule has 2 aliphatic rings. The fourth-order valence-corrected chi connectivity index (χ4v) is 1.97. The highest BCUT2D eigenvalue weighted by Gasteiger charge is 2.31. The number of epoxide rings is 1. The number of hydrogen-bond acceptors (Lipinski definition) is 3. The monoisotopic (exact) mass is 198 g/mol. The maximum atomic E-state index is 11.9. The van der Waals surface area contributed by atoms with Gasteiger partial charge in [0.2, 0.25) is 5.91 Å². The third kappa shape index (κ3) is 2.25. The third-order valence-electron chi connectivity index (χ3n) is 2.96. The number of ether oxygens (including phenoxy) is 1. The van der Waals surface area contributed by atoms with Crippen molar-refractivity contribution in [3.05, 3.63) is 0 Å². The van der Waals surface area contributed by atoms with Gasteiger partial charge in [0.1, 0.15) is 0 Å². The van der Waals surface area contributed by atoms with Crippen LogP contribution in [0.5, 0.6) is 0 Å². The zero-order valence-corrected chi connectivity index (χ0v) is 8.66. The molecule has 0 saturated carbocycles. The molecule has 4 nitrogen and oxygen atoms in total. The smallest absolute Gasteiger partial charge is 0.239 e. The summed E-state index contributed by atoms with van der Waals surface area (Å²) in [5, 5.41) is 3.09. The topological polar surface area (TPSA) is 44.9 Å². The van der Waals surface area contributed by atoms with E-state index < -0.39 is 0 Å². The maximum absolute atomic E-state index is 11.9. The van der Waals surface area contributed by atoms with Crippen molar-refractivity contribution in [3.63, 3.8) is 0 Å². The zero-order chi connectivity index (χ0) is 9.97. The number of amides is 1. The molecule has 2 fully saturated rings. The molecule has 1 amide bonds. The molecular weight excluding hydrogens is 180 g/mol. The van der Waals surface area contributed by atoms with Gasteiger partial charge in [-0.2, -0.15) is 0 Å².